The predicted molar refractivity (Wildman–Crippen MR) is 541 cm³/mol. The van der Waals surface area contributed by atoms with Crippen molar-refractivity contribution in [2.24, 2.45) is 0 Å². The van der Waals surface area contributed by atoms with Crippen molar-refractivity contribution < 1.29 is 32.4 Å². The standard InChI is InChI=1S/C18H13FN2S.C18H12N4S.C18H15N3S.C17H13N3S2.C17H13N3S.C16H10ClN3S.C2HF3O2/c1-12-3-6-15(19)9-17(12)18-8-5-14(10-20-18)4-7-16-11-22-13(2)21-16;1-13-21-16(12-23-13)6-4-14-5-7-17(20-11-14)22-10-8-15-3-2-9-19-18(15)22;1-12-5-4-6-17(13(12)2)18-19-9-15(10-20-18)7-8-16-11-22-14(3)21-16;1-12-20-14(11-22-12)8-7-13-9-18-17(19-10-13)15-5-3-4-6-16(15)21-2;1-12-5-3-4-6-16(12)17-18-9-14(10-19-17)7-8-15-11-21-13(2)20-15;1-11-20-13(10-21-11)7-6-12-8-18-16(19-9-12)14-4-2-3-5-15(14)17;3-2(4,5)1(6)7/h3,5-6,8-11H,1-2H3;2-3,5,7-12H,1H3;4-6,9-11H,1-3H3;3-6,9-11H,1-2H3;3-6,9-11H,1-2H3;2-5,8-10H,1H3;(H,6,7). The van der Waals surface area contributed by atoms with E-state index in [2.05, 4.69) is 201 Å². The SMILES string of the molecule is CSc1ccccc1-c1ncc(C#Cc2csc(C)n2)cn1.Cc1nc(C#Cc2ccc(-c3cc(F)ccc3C)[nH+]c2)cs1.Cc1nc(C#Cc2ccc(-n3ccc4cccnc43)nc2)cs1.Cc1nc(C#Cc2cnc(-c3cccc(C)c3C)nc2)cs1.Cc1nc(C#Cc2cnc(-c3ccccc3C)nc2)cs1.Cc1nc(C#Cc2cnc(-c3ccccc3Cl)nc2)cs1.O=C([O-])C(F)(F)F. The first kappa shape index (κ1) is 99.8. The number of carbonyl (C=O) groups excluding carboxylic acids is 1. The van der Waals surface area contributed by atoms with E-state index in [-0.39, 0.29) is 5.82 Å². The highest BCUT2D eigenvalue weighted by atomic mass is 35.5. The Morgan fingerprint density at radius 2 is 0.761 bits per heavy atom. The van der Waals surface area contributed by atoms with Crippen molar-refractivity contribution in [2.45, 2.75) is 80.3 Å². The molecule has 0 aliphatic heterocycles. The smallest absolute Gasteiger partial charge is 0.430 e. The fourth-order valence-electron chi connectivity index (χ4n) is 12.1. The molecule has 0 saturated carbocycles. The van der Waals surface area contributed by atoms with Crippen molar-refractivity contribution in [1.82, 2.24) is 84.3 Å². The molecule has 0 aliphatic rings. The van der Waals surface area contributed by atoms with Crippen LogP contribution >= 0.6 is 91.4 Å². The van der Waals surface area contributed by atoms with E-state index in [1.165, 1.54) is 28.2 Å². The van der Waals surface area contributed by atoms with Gasteiger partial charge in [0.2, 0.25) is 5.69 Å². The molecule has 32 heteroatoms. The lowest BCUT2D eigenvalue weighted by molar-refractivity contribution is -0.364. The Morgan fingerprint density at radius 1 is 0.384 bits per heavy atom. The molecule has 0 amide bonds. The van der Waals surface area contributed by atoms with Gasteiger partial charge in [-0.2, -0.15) is 13.2 Å². The summed E-state index contributed by atoms with van der Waals surface area (Å²) in [5.74, 6) is 36.8. The highest BCUT2D eigenvalue weighted by molar-refractivity contribution is 7.98. The number of nitrogens with one attached hydrogen (secondary N) is 1. The number of hydrogen-bond acceptors (Lipinski definition) is 25. The molecule has 138 heavy (non-hydrogen) atoms. The van der Waals surface area contributed by atoms with Gasteiger partial charge in [0.05, 0.1) is 68.4 Å². The molecule has 14 heterocycles. The molecule has 20 nitrogen and oxygen atoms in total. The number of halogens is 5. The summed E-state index contributed by atoms with van der Waals surface area (Å²) in [6.07, 6.45) is 18.1. The van der Waals surface area contributed by atoms with E-state index in [0.717, 1.165) is 177 Å². The average molecular weight is 1970 g/mol. The summed E-state index contributed by atoms with van der Waals surface area (Å²) in [4.78, 5) is 83.0. The molecular weight excluding hydrogens is 1890 g/mol. The summed E-state index contributed by atoms with van der Waals surface area (Å²) in [7, 11) is 0. The van der Waals surface area contributed by atoms with Crippen molar-refractivity contribution in [3.63, 3.8) is 0 Å². The van der Waals surface area contributed by atoms with Gasteiger partial charge in [-0.05, 0) is 200 Å². The van der Waals surface area contributed by atoms with Crippen LogP contribution in [-0.4, -0.2) is 103 Å². The van der Waals surface area contributed by atoms with Crippen molar-refractivity contribution in [1.29, 1.82) is 0 Å². The lowest BCUT2D eigenvalue weighted by Gasteiger charge is -2.06. The fraction of sp³-hybridized carbons (Fsp3) is 0.113. The Bertz CT molecular complexity index is 7620. The lowest BCUT2D eigenvalue weighted by Crippen LogP contribution is -2.37. The molecule has 0 bridgehead atoms. The molecule has 0 saturated heterocycles. The number of pyridine rings is 3. The van der Waals surface area contributed by atoms with E-state index in [1.807, 2.05) is 213 Å². The molecule has 680 valence electrons. The number of carboxylic acid groups (broad SMARTS) is 1. The number of fused-ring (bicyclic) bond motifs is 1. The first-order valence-electron chi connectivity index (χ1n) is 41.6. The number of hydrogen-bond donors (Lipinski definition) is 0. The summed E-state index contributed by atoms with van der Waals surface area (Å²) < 4.78 is 46.9. The molecular formula is C106H77ClF4N18O2S7. The van der Waals surface area contributed by atoms with Crippen molar-refractivity contribution >= 4 is 108 Å². The number of rotatable bonds is 7. The predicted octanol–water partition coefficient (Wildman–Crippen LogP) is 22.2. The van der Waals surface area contributed by atoms with Crippen LogP contribution < -0.4 is 10.1 Å². The third kappa shape index (κ3) is 29.7. The van der Waals surface area contributed by atoms with Crippen LogP contribution in [0.1, 0.15) is 120 Å². The van der Waals surface area contributed by atoms with Gasteiger partial charge in [-0.1, -0.05) is 126 Å². The third-order valence-electron chi connectivity index (χ3n) is 19.0. The summed E-state index contributed by atoms with van der Waals surface area (Å²) in [6, 6.07) is 48.4. The largest absolute Gasteiger partial charge is 0.542 e. The molecule has 19 rings (SSSR count). The summed E-state index contributed by atoms with van der Waals surface area (Å²) in [6.45, 7) is 20.0. The Labute approximate surface area is 827 Å². The van der Waals surface area contributed by atoms with Gasteiger partial charge in [-0.15, -0.1) is 79.8 Å². The van der Waals surface area contributed by atoms with Crippen molar-refractivity contribution in [3.8, 4) is 134 Å². The number of aliphatic carboxylic acids is 1. The third-order valence-corrected chi connectivity index (χ3v) is 24.8. The number of alkyl halides is 3. The molecule has 0 aliphatic carbocycles. The minimum Gasteiger partial charge on any atom is -0.542 e. The average Bonchev–Trinajstić information content (AvgIpc) is 1.69. The van der Waals surface area contributed by atoms with Crippen LogP contribution in [0.15, 0.2) is 263 Å². The zero-order valence-corrected chi connectivity index (χ0v) is 82.0. The Balaban J connectivity index is 0.000000138. The molecule has 14 aromatic heterocycles. The summed E-state index contributed by atoms with van der Waals surface area (Å²) in [5.41, 5.74) is 20.8. The van der Waals surface area contributed by atoms with Gasteiger partial charge in [0, 0.05) is 145 Å². The van der Waals surface area contributed by atoms with E-state index in [1.54, 1.807) is 148 Å². The van der Waals surface area contributed by atoms with Crippen LogP contribution in [0.3, 0.4) is 0 Å². The summed E-state index contributed by atoms with van der Waals surface area (Å²) in [5, 5.41) is 28.3. The highest BCUT2D eigenvalue weighted by Crippen LogP contribution is 2.30. The number of carbonyl (C=O) groups is 1. The van der Waals surface area contributed by atoms with E-state index in [9.17, 15) is 17.6 Å². The highest BCUT2D eigenvalue weighted by Gasteiger charge is 2.29. The van der Waals surface area contributed by atoms with Crippen LogP contribution in [0.2, 0.25) is 5.02 Å². The number of aryl methyl sites for hydroxylation is 9. The lowest BCUT2D eigenvalue weighted by atomic mass is 10.0. The van der Waals surface area contributed by atoms with E-state index >= 15 is 0 Å². The molecule has 0 spiro atoms. The number of nitrogens with zero attached hydrogens (tertiary/aromatic N) is 17. The van der Waals surface area contributed by atoms with Crippen LogP contribution in [0.4, 0.5) is 17.6 Å². The van der Waals surface area contributed by atoms with E-state index in [4.69, 9.17) is 21.5 Å². The molecule has 0 atom stereocenters. The molecule has 19 aromatic rings. The number of aromatic amines is 1. The maximum atomic E-state index is 13.4. The van der Waals surface area contributed by atoms with Gasteiger partial charge >= 0.3 is 6.18 Å². The Kier molecular flexibility index (Phi) is 35.5. The van der Waals surface area contributed by atoms with Crippen LogP contribution in [0.5, 0.6) is 0 Å². The maximum Gasteiger partial charge on any atom is 0.430 e. The zero-order chi connectivity index (χ0) is 97.5. The van der Waals surface area contributed by atoms with Crippen LogP contribution in [-0.2, 0) is 4.79 Å². The van der Waals surface area contributed by atoms with Gasteiger partial charge in [0.15, 0.2) is 29.5 Å². The van der Waals surface area contributed by atoms with Gasteiger partial charge in [0.1, 0.15) is 57.4 Å². The van der Waals surface area contributed by atoms with Crippen molar-refractivity contribution in [2.75, 3.05) is 6.26 Å². The molecule has 5 aromatic carbocycles. The minimum atomic E-state index is -5.19. The van der Waals surface area contributed by atoms with Crippen LogP contribution in [0, 0.1) is 146 Å². The van der Waals surface area contributed by atoms with E-state index < -0.39 is 12.1 Å². The van der Waals surface area contributed by atoms with Gasteiger partial charge < -0.3 is 9.90 Å². The second-order valence-electron chi connectivity index (χ2n) is 29.2. The van der Waals surface area contributed by atoms with Crippen molar-refractivity contribution in [3.05, 3.63) is 389 Å². The quantitative estimate of drug-likeness (QED) is 0.0815. The van der Waals surface area contributed by atoms with Gasteiger partial charge in [0.25, 0.3) is 0 Å². The topological polar surface area (TPSA) is 265 Å². The number of benzene rings is 5. The first-order chi connectivity index (χ1) is 66.7. The number of H-pyrrole nitrogens is 1. The number of thioether (sulfide) groups is 1. The molecule has 0 unspecified atom stereocenters. The second kappa shape index (κ2) is 49.0. The van der Waals surface area contributed by atoms with Crippen LogP contribution in [0.25, 0.3) is 73.7 Å². The molecule has 0 radical (unpaired) electrons. The zero-order valence-electron chi connectivity index (χ0n) is 75.5. The number of aromatic nitrogens is 18. The monoisotopic (exact) mass is 1970 g/mol. The second-order valence-corrected chi connectivity index (χ2v) is 36.8. The Hall–Kier alpha value is -15.6. The molecule has 1 N–H and O–H groups in total. The normalized spacial score (nSPS) is 10.2. The molecule has 0 fully saturated rings. The maximum absolute atomic E-state index is 13.4. The number of carboxylic acids is 1. The minimum absolute atomic E-state index is 0.239. The van der Waals surface area contributed by atoms with Gasteiger partial charge in [-0.25, -0.2) is 89.1 Å². The first-order valence-corrected chi connectivity index (χ1v) is 48.5. The fourth-order valence-corrected chi connectivity index (χ4v) is 16.1. The van der Waals surface area contributed by atoms with E-state index in [0.29, 0.717) is 10.8 Å². The number of thiazole rings is 6. The van der Waals surface area contributed by atoms with Gasteiger partial charge in [-0.3, -0.25) is 4.57 Å². The summed E-state index contributed by atoms with van der Waals surface area (Å²) >= 11 is 17.4. The Morgan fingerprint density at radius 3 is 1.17 bits per heavy atom.